The summed E-state index contributed by atoms with van der Waals surface area (Å²) in [6, 6.07) is 9.87. The van der Waals surface area contributed by atoms with E-state index in [1.165, 1.54) is 0 Å². The fourth-order valence-electron chi connectivity index (χ4n) is 2.06. The SMILES string of the molecule is CCNc1cc(C(C)(C)C)nc(Cc2cccc(Cl)c2)n1. The lowest BCUT2D eigenvalue weighted by atomic mass is 9.92. The summed E-state index contributed by atoms with van der Waals surface area (Å²) in [7, 11) is 0. The Hall–Kier alpha value is -1.61. The highest BCUT2D eigenvalue weighted by Gasteiger charge is 2.18. The summed E-state index contributed by atoms with van der Waals surface area (Å²) in [6.07, 6.45) is 0.683. The van der Waals surface area contributed by atoms with Gasteiger partial charge in [0.25, 0.3) is 0 Å². The Morgan fingerprint density at radius 1 is 1.14 bits per heavy atom. The van der Waals surface area contributed by atoms with Crippen LogP contribution in [-0.4, -0.2) is 16.5 Å². The number of rotatable bonds is 4. The minimum Gasteiger partial charge on any atom is -0.370 e. The summed E-state index contributed by atoms with van der Waals surface area (Å²) in [5, 5.41) is 4.02. The smallest absolute Gasteiger partial charge is 0.135 e. The van der Waals surface area contributed by atoms with Crippen LogP contribution < -0.4 is 5.32 Å². The van der Waals surface area contributed by atoms with Crippen LogP contribution in [0.15, 0.2) is 30.3 Å². The summed E-state index contributed by atoms with van der Waals surface area (Å²) >= 11 is 6.04. The van der Waals surface area contributed by atoms with Crippen molar-refractivity contribution in [2.24, 2.45) is 0 Å². The maximum absolute atomic E-state index is 6.04. The van der Waals surface area contributed by atoms with Crippen molar-refractivity contribution in [2.75, 3.05) is 11.9 Å². The molecule has 1 aromatic carbocycles. The predicted octanol–water partition coefficient (Wildman–Crippen LogP) is 4.45. The van der Waals surface area contributed by atoms with Crippen LogP contribution in [0.3, 0.4) is 0 Å². The van der Waals surface area contributed by atoms with Crippen LogP contribution in [0.25, 0.3) is 0 Å². The van der Waals surface area contributed by atoms with Crippen LogP contribution in [0, 0.1) is 0 Å². The van der Waals surface area contributed by atoms with Gasteiger partial charge in [-0.15, -0.1) is 0 Å². The molecule has 1 heterocycles. The molecule has 21 heavy (non-hydrogen) atoms. The minimum atomic E-state index is -0.00378. The highest BCUT2D eigenvalue weighted by atomic mass is 35.5. The first-order chi connectivity index (χ1) is 9.88. The average molecular weight is 304 g/mol. The van der Waals surface area contributed by atoms with Crippen LogP contribution >= 0.6 is 11.6 Å². The maximum atomic E-state index is 6.04. The Labute approximate surface area is 131 Å². The molecule has 0 bridgehead atoms. The zero-order valence-electron chi connectivity index (χ0n) is 13.1. The van der Waals surface area contributed by atoms with Gasteiger partial charge in [-0.2, -0.15) is 0 Å². The molecule has 2 aromatic rings. The van der Waals surface area contributed by atoms with Crippen molar-refractivity contribution in [1.82, 2.24) is 9.97 Å². The Bertz CT molecular complexity index is 618. The van der Waals surface area contributed by atoms with Crippen molar-refractivity contribution >= 4 is 17.4 Å². The van der Waals surface area contributed by atoms with Crippen molar-refractivity contribution in [3.05, 3.63) is 52.4 Å². The lowest BCUT2D eigenvalue weighted by Gasteiger charge is -2.19. The van der Waals surface area contributed by atoms with Crippen molar-refractivity contribution in [3.8, 4) is 0 Å². The molecule has 0 saturated heterocycles. The molecule has 1 aromatic heterocycles. The van der Waals surface area contributed by atoms with E-state index < -0.39 is 0 Å². The van der Waals surface area contributed by atoms with Crippen molar-refractivity contribution in [2.45, 2.75) is 39.5 Å². The monoisotopic (exact) mass is 303 g/mol. The molecule has 3 nitrogen and oxygen atoms in total. The second-order valence-electron chi connectivity index (χ2n) is 6.14. The Morgan fingerprint density at radius 2 is 1.90 bits per heavy atom. The van der Waals surface area contributed by atoms with Gasteiger partial charge in [-0.25, -0.2) is 9.97 Å². The van der Waals surface area contributed by atoms with Gasteiger partial charge in [0.1, 0.15) is 11.6 Å². The third-order valence-electron chi connectivity index (χ3n) is 3.15. The van der Waals surface area contributed by atoms with E-state index in [-0.39, 0.29) is 5.41 Å². The fourth-order valence-corrected chi connectivity index (χ4v) is 2.27. The molecule has 4 heteroatoms. The summed E-state index contributed by atoms with van der Waals surface area (Å²) in [6.45, 7) is 9.39. The van der Waals surface area contributed by atoms with Crippen LogP contribution in [0.2, 0.25) is 5.02 Å². The zero-order valence-corrected chi connectivity index (χ0v) is 13.8. The molecule has 0 unspecified atom stereocenters. The van der Waals surface area contributed by atoms with Crippen LogP contribution in [0.1, 0.15) is 44.8 Å². The third-order valence-corrected chi connectivity index (χ3v) is 3.39. The highest BCUT2D eigenvalue weighted by molar-refractivity contribution is 6.30. The first-order valence-corrected chi connectivity index (χ1v) is 7.63. The van der Waals surface area contributed by atoms with E-state index in [0.29, 0.717) is 6.42 Å². The summed E-state index contributed by atoms with van der Waals surface area (Å²) in [5.41, 5.74) is 2.16. The van der Waals surface area contributed by atoms with E-state index in [4.69, 9.17) is 16.6 Å². The molecule has 1 N–H and O–H groups in total. The van der Waals surface area contributed by atoms with Gasteiger partial charge in [0, 0.05) is 29.5 Å². The summed E-state index contributed by atoms with van der Waals surface area (Å²) in [4.78, 5) is 9.31. The standard InChI is InChI=1S/C17H22ClN3/c1-5-19-15-11-14(17(2,3)4)20-16(21-15)10-12-7-6-8-13(18)9-12/h6-9,11H,5,10H2,1-4H3,(H,19,20,21). The predicted molar refractivity (Wildman–Crippen MR) is 89.2 cm³/mol. The quantitative estimate of drug-likeness (QED) is 0.906. The van der Waals surface area contributed by atoms with E-state index in [1.54, 1.807) is 0 Å². The molecular formula is C17H22ClN3. The maximum Gasteiger partial charge on any atom is 0.135 e. The van der Waals surface area contributed by atoms with Crippen molar-refractivity contribution in [3.63, 3.8) is 0 Å². The summed E-state index contributed by atoms with van der Waals surface area (Å²) in [5.74, 6) is 1.70. The number of aromatic nitrogens is 2. The Balaban J connectivity index is 2.35. The normalized spacial score (nSPS) is 11.5. The minimum absolute atomic E-state index is 0.00378. The number of benzene rings is 1. The number of hydrogen-bond donors (Lipinski definition) is 1. The number of nitrogens with zero attached hydrogens (tertiary/aromatic N) is 2. The largest absolute Gasteiger partial charge is 0.370 e. The van der Waals surface area contributed by atoms with Crippen LogP contribution in [0.4, 0.5) is 5.82 Å². The third kappa shape index (κ3) is 4.43. The molecule has 112 valence electrons. The van der Waals surface area contributed by atoms with Gasteiger partial charge in [-0.3, -0.25) is 0 Å². The average Bonchev–Trinajstić information content (AvgIpc) is 2.37. The molecule has 0 fully saturated rings. The first kappa shape index (κ1) is 15.8. The van der Waals surface area contributed by atoms with Crippen LogP contribution in [0.5, 0.6) is 0 Å². The van der Waals surface area contributed by atoms with Gasteiger partial charge in [0.05, 0.1) is 5.69 Å². The topological polar surface area (TPSA) is 37.8 Å². The van der Waals surface area contributed by atoms with Gasteiger partial charge in [0.15, 0.2) is 0 Å². The van der Waals surface area contributed by atoms with E-state index in [2.05, 4.69) is 38.0 Å². The van der Waals surface area contributed by atoms with Crippen molar-refractivity contribution < 1.29 is 0 Å². The van der Waals surface area contributed by atoms with Gasteiger partial charge in [-0.05, 0) is 24.6 Å². The van der Waals surface area contributed by atoms with Gasteiger partial charge in [-0.1, -0.05) is 44.5 Å². The molecule has 2 rings (SSSR count). The summed E-state index contributed by atoms with van der Waals surface area (Å²) < 4.78 is 0. The van der Waals surface area contributed by atoms with Crippen LogP contribution in [-0.2, 0) is 11.8 Å². The van der Waals surface area contributed by atoms with E-state index in [9.17, 15) is 0 Å². The Morgan fingerprint density at radius 3 is 2.52 bits per heavy atom. The lowest BCUT2D eigenvalue weighted by Crippen LogP contribution is -2.17. The second kappa shape index (κ2) is 6.44. The van der Waals surface area contributed by atoms with Crippen molar-refractivity contribution in [1.29, 1.82) is 0 Å². The van der Waals surface area contributed by atoms with E-state index >= 15 is 0 Å². The molecular weight excluding hydrogens is 282 g/mol. The number of anilines is 1. The number of nitrogens with one attached hydrogen (secondary N) is 1. The van der Waals surface area contributed by atoms with Gasteiger partial charge < -0.3 is 5.32 Å². The zero-order chi connectivity index (χ0) is 15.5. The Kier molecular flexibility index (Phi) is 4.84. The second-order valence-corrected chi connectivity index (χ2v) is 6.58. The molecule has 0 aliphatic rings. The number of halogens is 1. The highest BCUT2D eigenvalue weighted by Crippen LogP contribution is 2.23. The first-order valence-electron chi connectivity index (χ1n) is 7.25. The lowest BCUT2D eigenvalue weighted by molar-refractivity contribution is 0.563. The molecule has 0 amide bonds. The number of hydrogen-bond acceptors (Lipinski definition) is 3. The van der Waals surface area contributed by atoms with Gasteiger partial charge >= 0.3 is 0 Å². The molecule has 0 saturated carbocycles. The van der Waals surface area contributed by atoms with Gasteiger partial charge in [0.2, 0.25) is 0 Å². The van der Waals surface area contributed by atoms with E-state index in [1.807, 2.05) is 30.3 Å². The molecule has 0 radical (unpaired) electrons. The fraction of sp³-hybridized carbons (Fsp3) is 0.412. The molecule has 0 atom stereocenters. The molecule has 0 aliphatic heterocycles. The molecule has 0 aliphatic carbocycles. The molecule has 0 spiro atoms. The van der Waals surface area contributed by atoms with E-state index in [0.717, 1.165) is 34.5 Å².